The molecule has 2 nitrogen and oxygen atoms in total. The zero-order valence-electron chi connectivity index (χ0n) is 9.16. The number of ether oxygens (including phenoxy) is 1. The fourth-order valence-corrected chi connectivity index (χ4v) is 1.31. The lowest BCUT2D eigenvalue weighted by Gasteiger charge is -2.12. The molecule has 0 saturated carbocycles. The predicted octanol–water partition coefficient (Wildman–Crippen LogP) is 2.59. The van der Waals surface area contributed by atoms with E-state index in [-0.39, 0.29) is 12.4 Å². The summed E-state index contributed by atoms with van der Waals surface area (Å²) in [6.45, 7) is 4.59. The minimum Gasteiger partial charge on any atom is -0.386 e. The molecule has 1 unspecified atom stereocenters. The van der Waals surface area contributed by atoms with Gasteiger partial charge >= 0.3 is 0 Å². The van der Waals surface area contributed by atoms with Crippen molar-refractivity contribution >= 4 is 0 Å². The van der Waals surface area contributed by atoms with Crippen LogP contribution in [0, 0.1) is 12.7 Å². The van der Waals surface area contributed by atoms with Crippen molar-refractivity contribution in [3.63, 3.8) is 0 Å². The number of hydrogen-bond acceptors (Lipinski definition) is 2. The number of hydrogen-bond donors (Lipinski definition) is 1. The van der Waals surface area contributed by atoms with Crippen LogP contribution < -0.4 is 0 Å². The third-order valence-electron chi connectivity index (χ3n) is 2.19. The van der Waals surface area contributed by atoms with E-state index in [9.17, 15) is 9.50 Å². The maximum absolute atomic E-state index is 13.0. The third-order valence-corrected chi connectivity index (χ3v) is 2.19. The minimum absolute atomic E-state index is 0.250. The summed E-state index contributed by atoms with van der Waals surface area (Å²) in [5, 5.41) is 9.72. The largest absolute Gasteiger partial charge is 0.386 e. The zero-order valence-corrected chi connectivity index (χ0v) is 9.16. The van der Waals surface area contributed by atoms with Gasteiger partial charge in [0.05, 0.1) is 6.61 Å². The average molecular weight is 212 g/mol. The molecule has 3 heteroatoms. The summed E-state index contributed by atoms with van der Waals surface area (Å²) in [6.07, 6.45) is 0.255. The molecule has 0 radical (unpaired) electrons. The second kappa shape index (κ2) is 5.83. The zero-order chi connectivity index (χ0) is 11.3. The maximum atomic E-state index is 13.0. The van der Waals surface area contributed by atoms with E-state index in [1.807, 2.05) is 6.92 Å². The molecule has 0 aliphatic heterocycles. The summed E-state index contributed by atoms with van der Waals surface area (Å²) in [5.74, 6) is -0.250. The molecule has 84 valence electrons. The highest BCUT2D eigenvalue weighted by Gasteiger charge is 2.08. The Labute approximate surface area is 89.7 Å². The van der Waals surface area contributed by atoms with Crippen molar-refractivity contribution in [1.82, 2.24) is 0 Å². The van der Waals surface area contributed by atoms with Gasteiger partial charge in [-0.1, -0.05) is 19.1 Å². The van der Waals surface area contributed by atoms with E-state index in [0.29, 0.717) is 17.7 Å². The number of benzene rings is 1. The topological polar surface area (TPSA) is 29.5 Å². The summed E-state index contributed by atoms with van der Waals surface area (Å²) >= 11 is 0. The van der Waals surface area contributed by atoms with E-state index in [0.717, 1.165) is 6.42 Å². The molecular weight excluding hydrogens is 195 g/mol. The lowest BCUT2D eigenvalue weighted by Crippen LogP contribution is -2.08. The highest BCUT2D eigenvalue weighted by Crippen LogP contribution is 2.16. The van der Waals surface area contributed by atoms with Crippen LogP contribution in [-0.4, -0.2) is 18.3 Å². The van der Waals surface area contributed by atoms with Crippen molar-refractivity contribution < 1.29 is 14.2 Å². The Morgan fingerprint density at radius 1 is 1.47 bits per heavy atom. The fourth-order valence-electron chi connectivity index (χ4n) is 1.31. The fraction of sp³-hybridized carbons (Fsp3) is 0.500. The van der Waals surface area contributed by atoms with Crippen LogP contribution in [0.25, 0.3) is 0 Å². The Hall–Kier alpha value is -0.930. The molecule has 0 amide bonds. The summed E-state index contributed by atoms with van der Waals surface area (Å²) in [5.41, 5.74) is 1.24. The Kier molecular flexibility index (Phi) is 4.72. The van der Waals surface area contributed by atoms with Gasteiger partial charge in [0.15, 0.2) is 0 Å². The molecule has 0 fully saturated rings. The van der Waals surface area contributed by atoms with E-state index < -0.39 is 6.10 Å². The molecule has 0 aromatic heterocycles. The number of halogens is 1. The van der Waals surface area contributed by atoms with Gasteiger partial charge in [-0.15, -0.1) is 0 Å². The average Bonchev–Trinajstić information content (AvgIpc) is 2.22. The van der Waals surface area contributed by atoms with Crippen LogP contribution in [0.1, 0.15) is 30.6 Å². The number of aliphatic hydroxyl groups is 1. The Bertz CT molecular complexity index is 312. The van der Waals surface area contributed by atoms with Gasteiger partial charge in [0, 0.05) is 6.61 Å². The van der Waals surface area contributed by atoms with Crippen LogP contribution >= 0.6 is 0 Å². The van der Waals surface area contributed by atoms with Crippen molar-refractivity contribution in [3.8, 4) is 0 Å². The molecule has 0 bridgehead atoms. The van der Waals surface area contributed by atoms with E-state index in [1.54, 1.807) is 19.1 Å². The van der Waals surface area contributed by atoms with Gasteiger partial charge in [-0.3, -0.25) is 0 Å². The van der Waals surface area contributed by atoms with Crippen molar-refractivity contribution in [1.29, 1.82) is 0 Å². The van der Waals surface area contributed by atoms with Gasteiger partial charge in [0.25, 0.3) is 0 Å². The van der Waals surface area contributed by atoms with Crippen LogP contribution in [0.15, 0.2) is 18.2 Å². The lowest BCUT2D eigenvalue weighted by atomic mass is 10.1. The smallest absolute Gasteiger partial charge is 0.126 e. The SMILES string of the molecule is CCCOCC(O)c1ccc(F)c(C)c1. The van der Waals surface area contributed by atoms with E-state index in [4.69, 9.17) is 4.74 Å². The van der Waals surface area contributed by atoms with Crippen LogP contribution in [0.2, 0.25) is 0 Å². The molecule has 1 aromatic carbocycles. The van der Waals surface area contributed by atoms with Crippen LogP contribution in [0.5, 0.6) is 0 Å². The normalized spacial score (nSPS) is 12.8. The van der Waals surface area contributed by atoms with Gasteiger partial charge in [-0.05, 0) is 30.5 Å². The first kappa shape index (κ1) is 12.1. The van der Waals surface area contributed by atoms with Gasteiger partial charge in [-0.25, -0.2) is 4.39 Å². The molecule has 0 spiro atoms. The minimum atomic E-state index is -0.671. The first-order chi connectivity index (χ1) is 7.15. The molecular formula is C12H17FO2. The van der Waals surface area contributed by atoms with Crippen molar-refractivity contribution in [2.75, 3.05) is 13.2 Å². The van der Waals surface area contributed by atoms with E-state index in [1.165, 1.54) is 6.07 Å². The Morgan fingerprint density at radius 3 is 2.80 bits per heavy atom. The summed E-state index contributed by atoms with van der Waals surface area (Å²) in [7, 11) is 0. The molecule has 0 aliphatic rings. The van der Waals surface area contributed by atoms with Gasteiger partial charge in [-0.2, -0.15) is 0 Å². The molecule has 1 N–H and O–H groups in total. The van der Waals surface area contributed by atoms with Gasteiger partial charge in [0.1, 0.15) is 11.9 Å². The van der Waals surface area contributed by atoms with Gasteiger partial charge < -0.3 is 9.84 Å². The van der Waals surface area contributed by atoms with Crippen molar-refractivity contribution in [2.24, 2.45) is 0 Å². The Balaban J connectivity index is 2.57. The first-order valence-electron chi connectivity index (χ1n) is 5.17. The molecule has 1 rings (SSSR count). The summed E-state index contributed by atoms with van der Waals surface area (Å²) in [4.78, 5) is 0. The third kappa shape index (κ3) is 3.61. The molecule has 0 aliphatic carbocycles. The summed E-state index contributed by atoms with van der Waals surface area (Å²) < 4.78 is 18.2. The lowest BCUT2D eigenvalue weighted by molar-refractivity contribution is 0.0363. The van der Waals surface area contributed by atoms with Crippen molar-refractivity contribution in [3.05, 3.63) is 35.1 Å². The van der Waals surface area contributed by atoms with Crippen molar-refractivity contribution in [2.45, 2.75) is 26.4 Å². The molecule has 0 heterocycles. The van der Waals surface area contributed by atoms with E-state index >= 15 is 0 Å². The highest BCUT2D eigenvalue weighted by atomic mass is 19.1. The molecule has 15 heavy (non-hydrogen) atoms. The van der Waals surface area contributed by atoms with Crippen LogP contribution in [-0.2, 0) is 4.74 Å². The molecule has 1 aromatic rings. The highest BCUT2D eigenvalue weighted by molar-refractivity contribution is 5.25. The quantitative estimate of drug-likeness (QED) is 0.760. The monoisotopic (exact) mass is 212 g/mol. The predicted molar refractivity (Wildman–Crippen MR) is 57.2 cm³/mol. The summed E-state index contributed by atoms with van der Waals surface area (Å²) in [6, 6.07) is 4.60. The first-order valence-corrected chi connectivity index (χ1v) is 5.17. The number of rotatable bonds is 5. The van der Waals surface area contributed by atoms with E-state index in [2.05, 4.69) is 0 Å². The molecule has 0 saturated heterocycles. The van der Waals surface area contributed by atoms with Crippen LogP contribution in [0.3, 0.4) is 0 Å². The standard InChI is InChI=1S/C12H17FO2/c1-3-6-15-8-12(14)10-4-5-11(13)9(2)7-10/h4-5,7,12,14H,3,6,8H2,1-2H3. The number of aryl methyl sites for hydroxylation is 1. The van der Waals surface area contributed by atoms with Crippen LogP contribution in [0.4, 0.5) is 4.39 Å². The second-order valence-electron chi connectivity index (χ2n) is 3.60. The Morgan fingerprint density at radius 2 is 2.20 bits per heavy atom. The second-order valence-corrected chi connectivity index (χ2v) is 3.60. The van der Waals surface area contributed by atoms with Gasteiger partial charge in [0.2, 0.25) is 0 Å². The maximum Gasteiger partial charge on any atom is 0.126 e. The number of aliphatic hydroxyl groups excluding tert-OH is 1. The molecule has 1 atom stereocenters.